The highest BCUT2D eigenvalue weighted by molar-refractivity contribution is 5.27. The highest BCUT2D eigenvalue weighted by Gasteiger charge is 1.97. The van der Waals surface area contributed by atoms with E-state index in [0.29, 0.717) is 0 Å². The summed E-state index contributed by atoms with van der Waals surface area (Å²) in [5.74, 6) is -0.796. The van der Waals surface area contributed by atoms with Crippen LogP contribution in [0.4, 0.5) is 4.39 Å². The van der Waals surface area contributed by atoms with Gasteiger partial charge in [0, 0.05) is 5.57 Å². The number of hydrogen-bond donors (Lipinski definition) is 1. The fraction of sp³-hybridized carbons (Fsp3) is 0.143. The maximum Gasteiger partial charge on any atom is 0.129 e. The Balaban J connectivity index is 4.47. The van der Waals surface area contributed by atoms with Gasteiger partial charge >= 0.3 is 0 Å². The van der Waals surface area contributed by atoms with Gasteiger partial charge in [0.2, 0.25) is 0 Å². The van der Waals surface area contributed by atoms with Crippen LogP contribution in [0.25, 0.3) is 0 Å². The van der Waals surface area contributed by atoms with Crippen molar-refractivity contribution in [2.24, 2.45) is 0 Å². The molecule has 1 N–H and O–H groups in total. The molecule has 50 valence electrons. The van der Waals surface area contributed by atoms with Crippen LogP contribution < -0.4 is 0 Å². The fourth-order valence-corrected chi connectivity index (χ4v) is 0.291. The third-order valence-electron chi connectivity index (χ3n) is 0.970. The maximum atomic E-state index is 12.3. The summed E-state index contributed by atoms with van der Waals surface area (Å²) in [5, 5.41) is 8.58. The van der Waals surface area contributed by atoms with Crippen molar-refractivity contribution in [1.82, 2.24) is 0 Å². The van der Waals surface area contributed by atoms with Gasteiger partial charge < -0.3 is 5.11 Å². The van der Waals surface area contributed by atoms with Crippen molar-refractivity contribution >= 4 is 0 Å². The smallest absolute Gasteiger partial charge is 0.129 e. The van der Waals surface area contributed by atoms with E-state index in [9.17, 15) is 4.39 Å². The molecule has 1 nitrogen and oxygen atoms in total. The third kappa shape index (κ3) is 2.13. The van der Waals surface area contributed by atoms with Crippen molar-refractivity contribution < 1.29 is 9.50 Å². The lowest BCUT2D eigenvalue weighted by Gasteiger charge is -1.95. The van der Waals surface area contributed by atoms with E-state index in [1.807, 2.05) is 0 Å². The van der Waals surface area contributed by atoms with E-state index < -0.39 is 5.83 Å². The van der Waals surface area contributed by atoms with E-state index in [2.05, 4.69) is 13.2 Å². The molecule has 0 atom stereocenters. The zero-order chi connectivity index (χ0) is 7.44. The SMILES string of the molecule is C=C/C(F)=C(/C)C(=C)O. The molecule has 0 unspecified atom stereocenters. The van der Waals surface area contributed by atoms with Crippen LogP contribution in [-0.4, -0.2) is 5.11 Å². The van der Waals surface area contributed by atoms with Crippen LogP contribution in [0.5, 0.6) is 0 Å². The monoisotopic (exact) mass is 128 g/mol. The van der Waals surface area contributed by atoms with Gasteiger partial charge in [-0.1, -0.05) is 13.2 Å². The summed E-state index contributed by atoms with van der Waals surface area (Å²) >= 11 is 0. The Hall–Kier alpha value is -1.05. The number of aliphatic hydroxyl groups excluding tert-OH is 1. The molecule has 0 spiro atoms. The Morgan fingerprint density at radius 2 is 2.11 bits per heavy atom. The molecule has 0 rings (SSSR count). The molecular weight excluding hydrogens is 119 g/mol. The molecule has 0 heterocycles. The van der Waals surface area contributed by atoms with Gasteiger partial charge in [-0.25, -0.2) is 4.39 Å². The number of aliphatic hydroxyl groups is 1. The van der Waals surface area contributed by atoms with Crippen LogP contribution in [-0.2, 0) is 0 Å². The predicted octanol–water partition coefficient (Wildman–Crippen LogP) is 2.49. The predicted molar refractivity (Wildman–Crippen MR) is 35.8 cm³/mol. The van der Waals surface area contributed by atoms with Crippen LogP contribution >= 0.6 is 0 Å². The van der Waals surface area contributed by atoms with E-state index in [1.54, 1.807) is 0 Å². The Labute approximate surface area is 53.8 Å². The van der Waals surface area contributed by atoms with Gasteiger partial charge in [0.05, 0.1) is 0 Å². The van der Waals surface area contributed by atoms with Crippen LogP contribution in [0, 0.1) is 0 Å². The lowest BCUT2D eigenvalue weighted by molar-refractivity contribution is 0.421. The first-order chi connectivity index (χ1) is 4.09. The molecule has 0 aliphatic heterocycles. The highest BCUT2D eigenvalue weighted by Crippen LogP contribution is 2.11. The summed E-state index contributed by atoms with van der Waals surface area (Å²) in [7, 11) is 0. The molecule has 0 fully saturated rings. The summed E-state index contributed by atoms with van der Waals surface area (Å²) in [6.45, 7) is 7.74. The first kappa shape index (κ1) is 7.95. The third-order valence-corrected chi connectivity index (χ3v) is 0.970. The van der Waals surface area contributed by atoms with Gasteiger partial charge in [0.25, 0.3) is 0 Å². The molecule has 2 heteroatoms. The largest absolute Gasteiger partial charge is 0.508 e. The van der Waals surface area contributed by atoms with Crippen LogP contribution in [0.2, 0.25) is 0 Å². The lowest BCUT2D eigenvalue weighted by Crippen LogP contribution is -1.82. The van der Waals surface area contributed by atoms with Crippen molar-refractivity contribution in [2.75, 3.05) is 0 Å². The number of halogens is 1. The molecule has 0 aliphatic rings. The van der Waals surface area contributed by atoms with Gasteiger partial charge in [0.15, 0.2) is 0 Å². The van der Waals surface area contributed by atoms with Gasteiger partial charge in [-0.3, -0.25) is 0 Å². The summed E-state index contributed by atoms with van der Waals surface area (Å²) in [4.78, 5) is 0. The van der Waals surface area contributed by atoms with Crippen LogP contribution in [0.15, 0.2) is 36.4 Å². The van der Waals surface area contributed by atoms with Gasteiger partial charge in [-0.05, 0) is 13.0 Å². The fourth-order valence-electron chi connectivity index (χ4n) is 0.291. The van der Waals surface area contributed by atoms with E-state index in [0.717, 1.165) is 6.08 Å². The first-order valence-electron chi connectivity index (χ1n) is 2.46. The quantitative estimate of drug-likeness (QED) is 0.447. The molecule has 0 bridgehead atoms. The molecule has 9 heavy (non-hydrogen) atoms. The minimum atomic E-state index is -0.539. The zero-order valence-electron chi connectivity index (χ0n) is 5.32. The number of hydrogen-bond acceptors (Lipinski definition) is 1. The van der Waals surface area contributed by atoms with E-state index in [-0.39, 0.29) is 11.3 Å². The second kappa shape index (κ2) is 3.07. The number of rotatable bonds is 2. The Morgan fingerprint density at radius 3 is 2.22 bits per heavy atom. The van der Waals surface area contributed by atoms with Crippen LogP contribution in [0.1, 0.15) is 6.92 Å². The summed E-state index contributed by atoms with van der Waals surface area (Å²) < 4.78 is 12.3. The number of allylic oxidation sites excluding steroid dienone is 3. The Bertz CT molecular complexity index is 168. The molecule has 0 aromatic heterocycles. The molecular formula is C7H9FO. The van der Waals surface area contributed by atoms with E-state index in [4.69, 9.17) is 5.11 Å². The topological polar surface area (TPSA) is 20.2 Å². The normalized spacial score (nSPS) is 12.2. The molecule has 0 saturated carbocycles. The van der Waals surface area contributed by atoms with Crippen molar-refractivity contribution in [3.8, 4) is 0 Å². The first-order valence-corrected chi connectivity index (χ1v) is 2.46. The molecule has 0 aromatic carbocycles. The highest BCUT2D eigenvalue weighted by atomic mass is 19.1. The summed E-state index contributed by atoms with van der Waals surface area (Å²) in [6, 6.07) is 0. The Morgan fingerprint density at radius 1 is 1.67 bits per heavy atom. The van der Waals surface area contributed by atoms with Crippen molar-refractivity contribution in [1.29, 1.82) is 0 Å². The zero-order valence-corrected chi connectivity index (χ0v) is 5.32. The average molecular weight is 128 g/mol. The summed E-state index contributed by atoms with van der Waals surface area (Å²) in [6.07, 6.45) is 1.02. The second-order valence-electron chi connectivity index (χ2n) is 1.62. The maximum absolute atomic E-state index is 12.3. The van der Waals surface area contributed by atoms with E-state index >= 15 is 0 Å². The minimum Gasteiger partial charge on any atom is -0.508 e. The van der Waals surface area contributed by atoms with Gasteiger partial charge in [0.1, 0.15) is 11.6 Å². The molecule has 0 aliphatic carbocycles. The van der Waals surface area contributed by atoms with Crippen molar-refractivity contribution in [3.63, 3.8) is 0 Å². The van der Waals surface area contributed by atoms with Gasteiger partial charge in [-0.2, -0.15) is 0 Å². The second-order valence-corrected chi connectivity index (χ2v) is 1.62. The van der Waals surface area contributed by atoms with Crippen molar-refractivity contribution in [3.05, 3.63) is 36.4 Å². The van der Waals surface area contributed by atoms with Crippen molar-refractivity contribution in [2.45, 2.75) is 6.92 Å². The molecule has 0 amide bonds. The molecule has 0 aromatic rings. The molecule has 0 saturated heterocycles. The average Bonchev–Trinajstić information content (AvgIpc) is 1.84. The molecule has 0 radical (unpaired) electrons. The standard InChI is InChI=1S/C7H9FO/c1-4-7(8)5(2)6(3)9/h4,9H,1,3H2,2H3/b7-5+. The van der Waals surface area contributed by atoms with Crippen LogP contribution in [0.3, 0.4) is 0 Å². The minimum absolute atomic E-state index is 0.130. The summed E-state index contributed by atoms with van der Waals surface area (Å²) in [5.41, 5.74) is 0.130. The lowest BCUT2D eigenvalue weighted by atomic mass is 10.2. The van der Waals surface area contributed by atoms with E-state index in [1.165, 1.54) is 6.92 Å². The van der Waals surface area contributed by atoms with Gasteiger partial charge in [-0.15, -0.1) is 0 Å². The Kier molecular flexibility index (Phi) is 2.71.